The summed E-state index contributed by atoms with van der Waals surface area (Å²) in [5.74, 6) is 0. The van der Waals surface area contributed by atoms with Gasteiger partial charge in [0.1, 0.15) is 0 Å². The quantitative estimate of drug-likeness (QED) is 0.229. The van der Waals surface area contributed by atoms with Crippen LogP contribution in [0.2, 0.25) is 5.02 Å². The van der Waals surface area contributed by atoms with Crippen LogP contribution >= 0.6 is 11.6 Å². The number of hydrogen-bond donors (Lipinski definition) is 0. The van der Waals surface area contributed by atoms with Crippen LogP contribution < -0.4 is 21.3 Å². The Morgan fingerprint density at radius 1 is 0.806 bits per heavy atom. The van der Waals surface area contributed by atoms with Gasteiger partial charge in [0.2, 0.25) is 0 Å². The van der Waals surface area contributed by atoms with Gasteiger partial charge in [-0.1, -0.05) is 86.0 Å². The molecule has 3 aliphatic heterocycles. The van der Waals surface area contributed by atoms with Crippen LogP contribution in [0.5, 0.6) is 0 Å². The van der Waals surface area contributed by atoms with Crippen LogP contribution in [0.1, 0.15) is 45.1 Å². The van der Waals surface area contributed by atoms with Gasteiger partial charge in [-0.2, -0.15) is 0 Å². The number of halogens is 1. The van der Waals surface area contributed by atoms with Gasteiger partial charge in [-0.3, -0.25) is 0 Å². The van der Waals surface area contributed by atoms with E-state index in [1.54, 1.807) is 0 Å². The van der Waals surface area contributed by atoms with Crippen molar-refractivity contribution in [1.82, 2.24) is 4.57 Å². The fourth-order valence-corrected chi connectivity index (χ4v) is 8.87. The van der Waals surface area contributed by atoms with Crippen molar-refractivity contribution in [2.45, 2.75) is 50.5 Å². The fraction of sp³-hybridized carbons (Fsp3) is 0.250. The Morgan fingerprint density at radius 2 is 1.56 bits per heavy atom. The molecule has 174 valence electrons. The highest BCUT2D eigenvalue weighted by Crippen LogP contribution is 2.61. The molecule has 1 saturated carbocycles. The molecule has 36 heavy (non-hydrogen) atoms. The molecular formula is C32H26BClN2. The molecule has 2 unspecified atom stereocenters. The summed E-state index contributed by atoms with van der Waals surface area (Å²) in [5, 5.41) is 3.46. The SMILES string of the molecule is CC12CCCCC1(C)N1c3cc(Cl)cc4c3B(c3cccc2c31)c1cccc2c3ccccc3n-4c12. The number of fused-ring (bicyclic) bond motifs is 10. The highest BCUT2D eigenvalue weighted by Gasteiger charge is 2.61. The van der Waals surface area contributed by atoms with Gasteiger partial charge in [-0.05, 0) is 59.9 Å². The second-order valence-electron chi connectivity index (χ2n) is 11.8. The van der Waals surface area contributed by atoms with Crippen molar-refractivity contribution in [2.75, 3.05) is 4.90 Å². The third-order valence-corrected chi connectivity index (χ3v) is 10.6. The van der Waals surface area contributed by atoms with Crippen LogP contribution in [-0.4, -0.2) is 16.8 Å². The highest BCUT2D eigenvalue weighted by atomic mass is 35.5. The summed E-state index contributed by atoms with van der Waals surface area (Å²) in [7, 11) is 0. The molecule has 0 saturated heterocycles. The molecule has 0 N–H and O–H groups in total. The molecule has 0 amide bonds. The van der Waals surface area contributed by atoms with Crippen molar-refractivity contribution in [3.05, 3.63) is 83.4 Å². The molecule has 1 aromatic heterocycles. The minimum atomic E-state index is 0.0398. The smallest absolute Gasteiger partial charge is 0.252 e. The molecule has 0 radical (unpaired) electrons. The average molecular weight is 485 g/mol. The van der Waals surface area contributed by atoms with Gasteiger partial charge in [0, 0.05) is 43.8 Å². The molecule has 0 spiro atoms. The lowest BCUT2D eigenvalue weighted by atomic mass is 9.33. The molecule has 1 aliphatic carbocycles. The van der Waals surface area contributed by atoms with Crippen LogP contribution in [0.4, 0.5) is 11.4 Å². The number of para-hydroxylation sites is 3. The molecule has 2 nitrogen and oxygen atoms in total. The van der Waals surface area contributed by atoms with Crippen molar-refractivity contribution >= 4 is 67.9 Å². The van der Waals surface area contributed by atoms with Gasteiger partial charge >= 0.3 is 0 Å². The monoisotopic (exact) mass is 484 g/mol. The molecule has 4 aromatic carbocycles. The van der Waals surface area contributed by atoms with E-state index in [0.29, 0.717) is 0 Å². The maximum absolute atomic E-state index is 6.99. The summed E-state index contributed by atoms with van der Waals surface area (Å²) in [4.78, 5) is 2.73. The second-order valence-corrected chi connectivity index (χ2v) is 12.2. The Morgan fingerprint density at radius 3 is 2.47 bits per heavy atom. The van der Waals surface area contributed by atoms with Crippen LogP contribution in [0.3, 0.4) is 0 Å². The summed E-state index contributed by atoms with van der Waals surface area (Å²) in [5.41, 5.74) is 12.6. The van der Waals surface area contributed by atoms with Crippen molar-refractivity contribution in [3.8, 4) is 5.69 Å². The van der Waals surface area contributed by atoms with E-state index in [-0.39, 0.29) is 17.7 Å². The van der Waals surface area contributed by atoms with Crippen molar-refractivity contribution < 1.29 is 0 Å². The number of nitrogens with zero attached hydrogens (tertiary/aromatic N) is 2. The standard InChI is InChI=1S/C32H26BClN2/c1-31-15-5-6-16-32(31,2)36-27-18-19(34)17-26-28(27)33(24-13-8-11-22(31)30(24)36)23-12-7-10-21-20-9-3-4-14-25(20)35(26)29(21)23/h3-4,7-14,17-18H,5-6,15-16H2,1-2H3. The minimum absolute atomic E-state index is 0.0398. The zero-order valence-electron chi connectivity index (χ0n) is 20.6. The minimum Gasteiger partial charge on any atom is -0.335 e. The largest absolute Gasteiger partial charge is 0.335 e. The van der Waals surface area contributed by atoms with Crippen molar-refractivity contribution in [3.63, 3.8) is 0 Å². The number of benzene rings is 4. The van der Waals surface area contributed by atoms with Crippen LogP contribution in [0, 0.1) is 0 Å². The third kappa shape index (κ3) is 1.98. The molecule has 4 heteroatoms. The van der Waals surface area contributed by atoms with E-state index in [9.17, 15) is 0 Å². The molecular weight excluding hydrogens is 459 g/mol. The lowest BCUT2D eigenvalue weighted by Gasteiger charge is -2.52. The van der Waals surface area contributed by atoms with Gasteiger partial charge in [0.25, 0.3) is 6.71 Å². The summed E-state index contributed by atoms with van der Waals surface area (Å²) in [6.45, 7) is 5.26. The summed E-state index contributed by atoms with van der Waals surface area (Å²) >= 11 is 6.99. The maximum Gasteiger partial charge on any atom is 0.252 e. The van der Waals surface area contributed by atoms with E-state index in [4.69, 9.17) is 11.6 Å². The molecule has 9 rings (SSSR count). The van der Waals surface area contributed by atoms with E-state index in [0.717, 1.165) is 5.02 Å². The molecule has 4 aliphatic rings. The fourth-order valence-electron chi connectivity index (χ4n) is 8.66. The zero-order chi connectivity index (χ0) is 24.0. The predicted molar refractivity (Wildman–Crippen MR) is 153 cm³/mol. The molecule has 5 aromatic rings. The van der Waals surface area contributed by atoms with Gasteiger partial charge in [0.05, 0.1) is 11.1 Å². The van der Waals surface area contributed by atoms with E-state index in [2.05, 4.69) is 96.1 Å². The van der Waals surface area contributed by atoms with E-state index < -0.39 is 0 Å². The Kier molecular flexibility index (Phi) is 3.44. The first-order valence-electron chi connectivity index (χ1n) is 13.3. The first-order chi connectivity index (χ1) is 17.5. The van der Waals surface area contributed by atoms with Crippen LogP contribution in [-0.2, 0) is 5.41 Å². The Hall–Kier alpha value is -3.17. The number of aromatic nitrogens is 1. The summed E-state index contributed by atoms with van der Waals surface area (Å²) < 4.78 is 2.49. The molecule has 4 heterocycles. The van der Waals surface area contributed by atoms with E-state index in [1.807, 2.05) is 0 Å². The molecule has 1 fully saturated rings. The highest BCUT2D eigenvalue weighted by molar-refractivity contribution is 7.00. The van der Waals surface area contributed by atoms with Crippen molar-refractivity contribution in [2.24, 2.45) is 0 Å². The summed E-state index contributed by atoms with van der Waals surface area (Å²) in [6, 6.07) is 27.4. The topological polar surface area (TPSA) is 8.17 Å². The van der Waals surface area contributed by atoms with Gasteiger partial charge in [-0.25, -0.2) is 0 Å². The molecule has 2 atom stereocenters. The number of anilines is 2. The predicted octanol–water partition coefficient (Wildman–Crippen LogP) is 6.32. The lowest BCUT2D eigenvalue weighted by Crippen LogP contribution is -2.64. The Bertz CT molecular complexity index is 1820. The van der Waals surface area contributed by atoms with E-state index >= 15 is 0 Å². The van der Waals surface area contributed by atoms with Gasteiger partial charge in [0.15, 0.2) is 0 Å². The third-order valence-electron chi connectivity index (χ3n) is 10.4. The first kappa shape index (κ1) is 20.0. The summed E-state index contributed by atoms with van der Waals surface area (Å²) in [6.07, 6.45) is 5.03. The maximum atomic E-state index is 6.99. The van der Waals surface area contributed by atoms with Crippen molar-refractivity contribution in [1.29, 1.82) is 0 Å². The zero-order valence-corrected chi connectivity index (χ0v) is 21.4. The van der Waals surface area contributed by atoms with Gasteiger partial charge in [-0.15, -0.1) is 0 Å². The average Bonchev–Trinajstić information content (AvgIpc) is 3.33. The lowest BCUT2D eigenvalue weighted by molar-refractivity contribution is 0.195. The van der Waals surface area contributed by atoms with Gasteiger partial charge < -0.3 is 9.47 Å². The number of hydrogen-bond acceptors (Lipinski definition) is 1. The van der Waals surface area contributed by atoms with E-state index in [1.165, 1.54) is 86.5 Å². The van der Waals surface area contributed by atoms with Crippen LogP contribution in [0.15, 0.2) is 72.8 Å². The molecule has 0 bridgehead atoms. The normalized spacial score (nSPS) is 24.8. The first-order valence-corrected chi connectivity index (χ1v) is 13.7. The Balaban J connectivity index is 1.51. The number of rotatable bonds is 0. The van der Waals surface area contributed by atoms with Crippen LogP contribution in [0.25, 0.3) is 27.5 Å². The second kappa shape index (κ2) is 6.21. The Labute approximate surface area is 216 Å².